The Morgan fingerprint density at radius 1 is 0.435 bits per heavy atom. The molecule has 0 unspecified atom stereocenters. The fraction of sp³-hybridized carbons (Fsp3) is 1.00. The van der Waals surface area contributed by atoms with E-state index in [1.165, 1.54) is 110 Å². The first kappa shape index (κ1) is 22.9. The van der Waals surface area contributed by atoms with E-state index in [4.69, 9.17) is 0 Å². The van der Waals surface area contributed by atoms with Crippen LogP contribution in [0.4, 0.5) is 0 Å². The van der Waals surface area contributed by atoms with E-state index in [9.17, 15) is 0 Å². The van der Waals surface area contributed by atoms with E-state index >= 15 is 0 Å². The monoisotopic (exact) mass is 326 g/mol. The molecule has 0 N–H and O–H groups in total. The van der Waals surface area contributed by atoms with Crippen molar-refractivity contribution in [2.24, 2.45) is 0 Å². The molecule has 0 atom stereocenters. The second-order valence-corrected chi connectivity index (χ2v) is 7.70. The summed E-state index contributed by atoms with van der Waals surface area (Å²) >= 11 is 0. The first-order valence-corrected chi connectivity index (χ1v) is 10.5. The lowest BCUT2D eigenvalue weighted by atomic mass is 10.1. The Bertz CT molecular complexity index is 216. The third-order valence-corrected chi connectivity index (χ3v) is 4.79. The van der Waals surface area contributed by atoms with Crippen molar-refractivity contribution in [1.29, 1.82) is 0 Å². The first-order valence-electron chi connectivity index (χ1n) is 10.5. The Morgan fingerprint density at radius 2 is 0.783 bits per heavy atom. The van der Waals surface area contributed by atoms with Crippen molar-refractivity contribution in [3.63, 3.8) is 0 Å². The lowest BCUT2D eigenvalue weighted by Crippen LogP contribution is -2.21. The van der Waals surface area contributed by atoms with Gasteiger partial charge in [-0.15, -0.1) is 0 Å². The summed E-state index contributed by atoms with van der Waals surface area (Å²) in [5, 5.41) is 0. The van der Waals surface area contributed by atoms with Gasteiger partial charge < -0.3 is 9.80 Å². The van der Waals surface area contributed by atoms with Crippen molar-refractivity contribution in [3.8, 4) is 0 Å². The molecule has 0 radical (unpaired) electrons. The second kappa shape index (κ2) is 18.3. The molecule has 0 aromatic heterocycles. The van der Waals surface area contributed by atoms with Crippen LogP contribution in [0.25, 0.3) is 0 Å². The molecule has 2 heteroatoms. The molecule has 0 amide bonds. The van der Waals surface area contributed by atoms with E-state index in [1.54, 1.807) is 0 Å². The second-order valence-electron chi connectivity index (χ2n) is 7.70. The third kappa shape index (κ3) is 19.9. The van der Waals surface area contributed by atoms with E-state index in [1.807, 2.05) is 0 Å². The zero-order chi connectivity index (χ0) is 17.2. The van der Waals surface area contributed by atoms with Gasteiger partial charge in [-0.05, 0) is 60.0 Å². The lowest BCUT2D eigenvalue weighted by Gasteiger charge is -2.16. The van der Waals surface area contributed by atoms with Gasteiger partial charge in [-0.1, -0.05) is 77.6 Å². The summed E-state index contributed by atoms with van der Waals surface area (Å²) in [7, 11) is 6.63. The van der Waals surface area contributed by atoms with Gasteiger partial charge in [0, 0.05) is 0 Å². The summed E-state index contributed by atoms with van der Waals surface area (Å²) < 4.78 is 0. The van der Waals surface area contributed by atoms with Gasteiger partial charge in [0.1, 0.15) is 0 Å². The van der Waals surface area contributed by atoms with Crippen molar-refractivity contribution < 1.29 is 0 Å². The van der Waals surface area contributed by atoms with Crippen LogP contribution >= 0.6 is 0 Å². The normalized spacial score (nSPS) is 11.7. The predicted octanol–water partition coefficient (Wildman–Crippen LogP) is 5.96. The van der Waals surface area contributed by atoms with E-state index in [2.05, 4.69) is 37.9 Å². The maximum Gasteiger partial charge on any atom is -0.00218 e. The minimum absolute atomic E-state index is 1.24. The van der Waals surface area contributed by atoms with Gasteiger partial charge in [-0.3, -0.25) is 0 Å². The fourth-order valence-electron chi connectivity index (χ4n) is 3.14. The Balaban J connectivity index is 3.14. The van der Waals surface area contributed by atoms with Crippen LogP contribution in [0, 0.1) is 0 Å². The fourth-order valence-corrected chi connectivity index (χ4v) is 3.14. The molecule has 0 aromatic carbocycles. The number of unbranched alkanes of at least 4 members (excludes halogenated alkanes) is 12. The molecule has 2 nitrogen and oxygen atoms in total. The molecule has 23 heavy (non-hydrogen) atoms. The molecule has 0 aromatic rings. The van der Waals surface area contributed by atoms with Crippen molar-refractivity contribution >= 4 is 0 Å². The number of hydrogen-bond acceptors (Lipinski definition) is 2. The predicted molar refractivity (Wildman–Crippen MR) is 106 cm³/mol. The lowest BCUT2D eigenvalue weighted by molar-refractivity contribution is 0.312. The van der Waals surface area contributed by atoms with Crippen molar-refractivity contribution in [3.05, 3.63) is 0 Å². The van der Waals surface area contributed by atoms with E-state index in [0.29, 0.717) is 0 Å². The summed E-state index contributed by atoms with van der Waals surface area (Å²) in [6, 6.07) is 0. The smallest absolute Gasteiger partial charge is 0.00218 e. The SMILES string of the molecule is CCCCCCCCCCCCN(C)CCCCCCN(C)C. The molecule has 0 bridgehead atoms. The van der Waals surface area contributed by atoms with Crippen LogP contribution in [0.1, 0.15) is 96.8 Å². The van der Waals surface area contributed by atoms with Crippen molar-refractivity contribution in [1.82, 2.24) is 9.80 Å². The highest BCUT2D eigenvalue weighted by Crippen LogP contribution is 2.11. The average molecular weight is 327 g/mol. The maximum absolute atomic E-state index is 2.54. The van der Waals surface area contributed by atoms with Crippen LogP contribution in [0.5, 0.6) is 0 Å². The van der Waals surface area contributed by atoms with Gasteiger partial charge in [0.15, 0.2) is 0 Å². The topological polar surface area (TPSA) is 6.48 Å². The van der Waals surface area contributed by atoms with Crippen molar-refractivity contribution in [2.75, 3.05) is 40.8 Å². The molecular formula is C21H46N2. The largest absolute Gasteiger partial charge is 0.309 e. The molecule has 0 spiro atoms. The molecule has 0 heterocycles. The highest BCUT2D eigenvalue weighted by atomic mass is 15.1. The Hall–Kier alpha value is -0.0800. The summed E-state index contributed by atoms with van der Waals surface area (Å²) in [5.41, 5.74) is 0. The zero-order valence-corrected chi connectivity index (χ0v) is 16.9. The Kier molecular flexibility index (Phi) is 18.2. The zero-order valence-electron chi connectivity index (χ0n) is 16.9. The minimum atomic E-state index is 1.24. The standard InChI is InChI=1S/C21H46N2/c1-5-6-7-8-9-10-11-12-13-17-20-23(4)21-18-15-14-16-19-22(2)3/h5-21H2,1-4H3. The number of nitrogens with zero attached hydrogens (tertiary/aromatic N) is 2. The van der Waals surface area contributed by atoms with Crippen molar-refractivity contribution in [2.45, 2.75) is 96.8 Å². The number of rotatable bonds is 18. The first-order chi connectivity index (χ1) is 11.2. The molecule has 0 rings (SSSR count). The molecule has 0 aliphatic heterocycles. The van der Waals surface area contributed by atoms with Crippen LogP contribution in [-0.4, -0.2) is 50.6 Å². The summed E-state index contributed by atoms with van der Waals surface area (Å²) in [5.74, 6) is 0. The molecule has 0 aliphatic rings. The highest BCUT2D eigenvalue weighted by molar-refractivity contribution is 4.55. The van der Waals surface area contributed by atoms with E-state index in [-0.39, 0.29) is 0 Å². The molecule has 140 valence electrons. The van der Waals surface area contributed by atoms with Gasteiger partial charge in [0.05, 0.1) is 0 Å². The maximum atomic E-state index is 2.54. The van der Waals surface area contributed by atoms with Crippen LogP contribution < -0.4 is 0 Å². The summed E-state index contributed by atoms with van der Waals surface area (Å²) in [4.78, 5) is 4.83. The van der Waals surface area contributed by atoms with Gasteiger partial charge in [0.2, 0.25) is 0 Å². The molecule has 0 saturated heterocycles. The Labute approximate surface area is 148 Å². The summed E-state index contributed by atoms with van der Waals surface area (Å²) in [6.07, 6.45) is 19.9. The van der Waals surface area contributed by atoms with Gasteiger partial charge in [-0.2, -0.15) is 0 Å². The van der Waals surface area contributed by atoms with Gasteiger partial charge >= 0.3 is 0 Å². The molecule has 0 fully saturated rings. The molecule has 0 saturated carbocycles. The molecular weight excluding hydrogens is 280 g/mol. The van der Waals surface area contributed by atoms with Gasteiger partial charge in [-0.25, -0.2) is 0 Å². The number of hydrogen-bond donors (Lipinski definition) is 0. The van der Waals surface area contributed by atoms with E-state index < -0.39 is 0 Å². The summed E-state index contributed by atoms with van der Waals surface area (Å²) in [6.45, 7) is 6.13. The minimum Gasteiger partial charge on any atom is -0.309 e. The Morgan fingerprint density at radius 3 is 1.17 bits per heavy atom. The van der Waals surface area contributed by atoms with Crippen LogP contribution in [0.15, 0.2) is 0 Å². The average Bonchev–Trinajstić information content (AvgIpc) is 2.52. The molecule has 0 aliphatic carbocycles. The van der Waals surface area contributed by atoms with Crippen LogP contribution in [-0.2, 0) is 0 Å². The van der Waals surface area contributed by atoms with Crippen LogP contribution in [0.2, 0.25) is 0 Å². The van der Waals surface area contributed by atoms with Crippen LogP contribution in [0.3, 0.4) is 0 Å². The third-order valence-electron chi connectivity index (χ3n) is 4.79. The van der Waals surface area contributed by atoms with E-state index in [0.717, 1.165) is 0 Å². The quantitative estimate of drug-likeness (QED) is 0.287. The highest BCUT2D eigenvalue weighted by Gasteiger charge is 1.99. The van der Waals surface area contributed by atoms with Gasteiger partial charge in [0.25, 0.3) is 0 Å².